The molecule has 2 N–H and O–H groups in total. The van der Waals surface area contributed by atoms with E-state index in [2.05, 4.69) is 19.2 Å². The van der Waals surface area contributed by atoms with Crippen LogP contribution in [0, 0.1) is 0 Å². The molecule has 1 unspecified atom stereocenters. The lowest BCUT2D eigenvalue weighted by atomic mass is 9.92. The van der Waals surface area contributed by atoms with Gasteiger partial charge in [-0.2, -0.15) is 0 Å². The van der Waals surface area contributed by atoms with E-state index in [1.807, 2.05) is 0 Å². The fraction of sp³-hybridized carbons (Fsp3) is 0.571. The van der Waals surface area contributed by atoms with Crippen molar-refractivity contribution < 1.29 is 14.6 Å². The number of ether oxygens (including phenoxy) is 2. The highest BCUT2D eigenvalue weighted by Crippen LogP contribution is 2.46. The molecule has 0 aliphatic carbocycles. The third kappa shape index (κ3) is 2.81. The smallest absolute Gasteiger partial charge is 0.180 e. The molecule has 1 aliphatic heterocycles. The first kappa shape index (κ1) is 14.4. The molecule has 0 aromatic heterocycles. The van der Waals surface area contributed by atoms with E-state index in [1.54, 1.807) is 13.1 Å². The Morgan fingerprint density at radius 1 is 1.32 bits per heavy atom. The van der Waals surface area contributed by atoms with Crippen LogP contribution in [-0.2, 0) is 0 Å². The molecule has 4 nitrogen and oxygen atoms in total. The van der Waals surface area contributed by atoms with Crippen LogP contribution >= 0.6 is 11.6 Å². The standard InChI is InChI=1S/C14H20ClNO3/c1-8(2)12-9(11(17)7-16-3)6-10(15)13-14(12)19-5-4-18-13/h6,8,11,16-17H,4-5,7H2,1-3H3. The van der Waals surface area contributed by atoms with Crippen LogP contribution in [0.5, 0.6) is 11.5 Å². The van der Waals surface area contributed by atoms with E-state index in [0.29, 0.717) is 36.3 Å². The molecule has 0 fully saturated rings. The summed E-state index contributed by atoms with van der Waals surface area (Å²) >= 11 is 6.23. The predicted octanol–water partition coefficient (Wildman–Crippen LogP) is 2.49. The summed E-state index contributed by atoms with van der Waals surface area (Å²) in [6, 6.07) is 1.78. The second kappa shape index (κ2) is 5.99. The average molecular weight is 286 g/mol. The molecule has 0 saturated carbocycles. The minimum absolute atomic E-state index is 0.217. The second-order valence-corrected chi connectivity index (χ2v) is 5.35. The molecule has 0 radical (unpaired) electrons. The quantitative estimate of drug-likeness (QED) is 0.892. The van der Waals surface area contributed by atoms with E-state index in [4.69, 9.17) is 21.1 Å². The van der Waals surface area contributed by atoms with E-state index in [1.165, 1.54) is 0 Å². The molecule has 19 heavy (non-hydrogen) atoms. The molecular weight excluding hydrogens is 266 g/mol. The van der Waals surface area contributed by atoms with Crippen molar-refractivity contribution in [1.29, 1.82) is 0 Å². The van der Waals surface area contributed by atoms with Crippen molar-refractivity contribution in [2.24, 2.45) is 0 Å². The Kier molecular flexibility index (Phi) is 4.55. The van der Waals surface area contributed by atoms with Crippen molar-refractivity contribution in [2.75, 3.05) is 26.8 Å². The lowest BCUT2D eigenvalue weighted by molar-refractivity contribution is 0.161. The first-order valence-corrected chi connectivity index (χ1v) is 6.88. The molecule has 0 saturated heterocycles. The second-order valence-electron chi connectivity index (χ2n) is 4.94. The van der Waals surface area contributed by atoms with Crippen molar-refractivity contribution in [3.05, 3.63) is 22.2 Å². The summed E-state index contributed by atoms with van der Waals surface area (Å²) in [6.07, 6.45) is -0.615. The lowest BCUT2D eigenvalue weighted by Gasteiger charge is -2.27. The van der Waals surface area contributed by atoms with Gasteiger partial charge in [0, 0.05) is 12.1 Å². The van der Waals surface area contributed by atoms with E-state index >= 15 is 0 Å². The van der Waals surface area contributed by atoms with Crippen LogP contribution in [0.1, 0.15) is 37.0 Å². The van der Waals surface area contributed by atoms with Crippen LogP contribution in [0.25, 0.3) is 0 Å². The number of rotatable bonds is 4. The Bertz CT molecular complexity index is 462. The van der Waals surface area contributed by atoms with Gasteiger partial charge < -0.3 is 19.9 Å². The fourth-order valence-electron chi connectivity index (χ4n) is 2.38. The number of hydrogen-bond acceptors (Lipinski definition) is 4. The van der Waals surface area contributed by atoms with E-state index in [0.717, 1.165) is 11.1 Å². The van der Waals surface area contributed by atoms with Gasteiger partial charge in [0.15, 0.2) is 11.5 Å². The Hall–Kier alpha value is -0.970. The molecule has 0 bridgehead atoms. The van der Waals surface area contributed by atoms with Gasteiger partial charge in [0.05, 0.1) is 11.1 Å². The van der Waals surface area contributed by atoms with Crippen molar-refractivity contribution >= 4 is 11.6 Å². The Morgan fingerprint density at radius 2 is 1.95 bits per heavy atom. The summed E-state index contributed by atoms with van der Waals surface area (Å²) in [5, 5.41) is 13.7. The molecular formula is C14H20ClNO3. The third-order valence-electron chi connectivity index (χ3n) is 3.17. The van der Waals surface area contributed by atoms with Crippen molar-refractivity contribution in [2.45, 2.75) is 25.9 Å². The number of fused-ring (bicyclic) bond motifs is 1. The number of aliphatic hydroxyl groups excluding tert-OH is 1. The maximum atomic E-state index is 10.3. The molecule has 0 amide bonds. The van der Waals surface area contributed by atoms with E-state index in [-0.39, 0.29) is 5.92 Å². The molecule has 106 valence electrons. The normalized spacial score (nSPS) is 15.7. The molecule has 1 aliphatic rings. The predicted molar refractivity (Wildman–Crippen MR) is 75.4 cm³/mol. The monoisotopic (exact) mass is 285 g/mol. The van der Waals surface area contributed by atoms with E-state index < -0.39 is 6.10 Å². The van der Waals surface area contributed by atoms with Gasteiger partial charge in [0.25, 0.3) is 0 Å². The van der Waals surface area contributed by atoms with Crippen LogP contribution in [0.2, 0.25) is 5.02 Å². The van der Waals surface area contributed by atoms with Gasteiger partial charge in [-0.3, -0.25) is 0 Å². The fourth-order valence-corrected chi connectivity index (χ4v) is 2.64. The zero-order chi connectivity index (χ0) is 14.0. The van der Waals surface area contributed by atoms with Gasteiger partial charge in [-0.05, 0) is 24.6 Å². The topological polar surface area (TPSA) is 50.7 Å². The van der Waals surface area contributed by atoms with Crippen LogP contribution < -0.4 is 14.8 Å². The number of hydrogen-bond donors (Lipinski definition) is 2. The lowest BCUT2D eigenvalue weighted by Crippen LogP contribution is -2.21. The highest BCUT2D eigenvalue weighted by molar-refractivity contribution is 6.32. The Morgan fingerprint density at radius 3 is 2.53 bits per heavy atom. The first-order valence-electron chi connectivity index (χ1n) is 6.50. The van der Waals surface area contributed by atoms with Crippen molar-refractivity contribution in [3.8, 4) is 11.5 Å². The summed E-state index contributed by atoms with van der Waals surface area (Å²) < 4.78 is 11.3. The minimum Gasteiger partial charge on any atom is -0.486 e. The number of benzene rings is 1. The van der Waals surface area contributed by atoms with Gasteiger partial charge in [0.2, 0.25) is 0 Å². The molecule has 1 aromatic carbocycles. The van der Waals surface area contributed by atoms with Gasteiger partial charge in [0.1, 0.15) is 13.2 Å². The van der Waals surface area contributed by atoms with Crippen LogP contribution in [0.15, 0.2) is 6.07 Å². The maximum absolute atomic E-state index is 10.3. The molecule has 1 aromatic rings. The van der Waals surface area contributed by atoms with Crippen LogP contribution in [-0.4, -0.2) is 31.9 Å². The van der Waals surface area contributed by atoms with Gasteiger partial charge in [-0.25, -0.2) is 0 Å². The third-order valence-corrected chi connectivity index (χ3v) is 3.45. The van der Waals surface area contributed by atoms with Gasteiger partial charge in [-0.1, -0.05) is 25.4 Å². The van der Waals surface area contributed by atoms with Crippen LogP contribution in [0.3, 0.4) is 0 Å². The number of halogens is 1. The van der Waals surface area contributed by atoms with E-state index in [9.17, 15) is 5.11 Å². The highest BCUT2D eigenvalue weighted by Gasteiger charge is 2.27. The van der Waals surface area contributed by atoms with Crippen molar-refractivity contribution in [3.63, 3.8) is 0 Å². The molecule has 1 atom stereocenters. The zero-order valence-corrected chi connectivity index (χ0v) is 12.3. The zero-order valence-electron chi connectivity index (χ0n) is 11.5. The van der Waals surface area contributed by atoms with Crippen molar-refractivity contribution in [1.82, 2.24) is 5.32 Å². The molecule has 1 heterocycles. The average Bonchev–Trinajstić information content (AvgIpc) is 2.38. The minimum atomic E-state index is -0.615. The SMILES string of the molecule is CNCC(O)c1cc(Cl)c2c(c1C(C)C)OCCO2. The summed E-state index contributed by atoms with van der Waals surface area (Å²) in [4.78, 5) is 0. The molecule has 5 heteroatoms. The molecule has 2 rings (SSSR count). The highest BCUT2D eigenvalue weighted by atomic mass is 35.5. The Labute approximate surface area is 118 Å². The summed E-state index contributed by atoms with van der Waals surface area (Å²) in [6.45, 7) is 5.61. The van der Waals surface area contributed by atoms with Crippen LogP contribution in [0.4, 0.5) is 0 Å². The van der Waals surface area contributed by atoms with Gasteiger partial charge in [-0.15, -0.1) is 0 Å². The largest absolute Gasteiger partial charge is 0.486 e. The number of aliphatic hydroxyl groups is 1. The molecule has 0 spiro atoms. The van der Waals surface area contributed by atoms with Gasteiger partial charge >= 0.3 is 0 Å². The number of nitrogens with one attached hydrogen (secondary N) is 1. The first-order chi connectivity index (χ1) is 9.06. The number of likely N-dealkylation sites (N-methyl/N-ethyl adjacent to an activating group) is 1. The maximum Gasteiger partial charge on any atom is 0.180 e. The summed E-state index contributed by atoms with van der Waals surface area (Å²) in [7, 11) is 1.80. The summed E-state index contributed by atoms with van der Waals surface area (Å²) in [5.41, 5.74) is 1.78. The Balaban J connectivity index is 2.56. The summed E-state index contributed by atoms with van der Waals surface area (Å²) in [5.74, 6) is 1.49.